The van der Waals surface area contributed by atoms with Gasteiger partial charge in [0.05, 0.1) is 18.0 Å². The summed E-state index contributed by atoms with van der Waals surface area (Å²) in [6, 6.07) is 75.1. The monoisotopic (exact) mass is 1030 g/mol. The van der Waals surface area contributed by atoms with Crippen molar-refractivity contribution in [2.24, 2.45) is 0 Å². The van der Waals surface area contributed by atoms with Crippen LogP contribution in [0, 0.1) is 26.0 Å². The van der Waals surface area contributed by atoms with Gasteiger partial charge in [-0.3, -0.25) is 0 Å². The predicted molar refractivity (Wildman–Crippen MR) is 272 cm³/mol. The molecule has 1 aliphatic rings. The molecular weight excluding hydrogens is 986 g/mol. The van der Waals surface area contributed by atoms with E-state index in [0.717, 1.165) is 62.6 Å². The number of anilines is 6. The molecule has 0 N–H and O–H groups in total. The summed E-state index contributed by atoms with van der Waals surface area (Å²) < 4.78 is 2.29. The van der Waals surface area contributed by atoms with Gasteiger partial charge in [0.15, 0.2) is 0 Å². The van der Waals surface area contributed by atoms with Gasteiger partial charge in [0.25, 0.3) is 0 Å². The van der Waals surface area contributed by atoms with Gasteiger partial charge in [-0.15, -0.1) is 35.7 Å². The number of rotatable bonds is 8. The van der Waals surface area contributed by atoms with E-state index in [1.54, 1.807) is 0 Å². The van der Waals surface area contributed by atoms with E-state index in [2.05, 4.69) is 254 Å². The summed E-state index contributed by atoms with van der Waals surface area (Å²) >= 11 is 0. The molecule has 66 heavy (non-hydrogen) atoms. The minimum absolute atomic E-state index is 0. The van der Waals surface area contributed by atoms with Gasteiger partial charge in [0.1, 0.15) is 5.82 Å². The van der Waals surface area contributed by atoms with Crippen LogP contribution in [-0.4, -0.2) is 21.8 Å². The fourth-order valence-corrected chi connectivity index (χ4v) is 9.78. The number of fused-ring (bicyclic) bond motifs is 4. The van der Waals surface area contributed by atoms with E-state index in [1.165, 1.54) is 50.3 Å². The molecule has 0 amide bonds. The van der Waals surface area contributed by atoms with Gasteiger partial charge >= 0.3 is 21.1 Å². The van der Waals surface area contributed by atoms with E-state index >= 15 is 0 Å². The molecule has 0 bridgehead atoms. The first-order valence-corrected chi connectivity index (χ1v) is 22.4. The van der Waals surface area contributed by atoms with Gasteiger partial charge in [-0.05, 0) is 115 Å². The van der Waals surface area contributed by atoms with Gasteiger partial charge in [-0.25, -0.2) is 4.98 Å². The zero-order valence-electron chi connectivity index (χ0n) is 37.7. The van der Waals surface area contributed by atoms with Crippen molar-refractivity contribution in [1.82, 2.24) is 9.55 Å². The van der Waals surface area contributed by atoms with Gasteiger partial charge in [-0.1, -0.05) is 150 Å². The normalized spacial score (nSPS) is 12.4. The molecule has 0 fully saturated rings. The first-order valence-electron chi connectivity index (χ1n) is 22.4. The Balaban J connectivity index is 0.00000511. The standard InChI is InChI=1S/C60H49N5.Pt/c1-41-19-16-20-42(2)59(41)64(47-26-17-25-46(38-47)62-40-63(60(3,4)5)55-32-15-14-31-54(55)62)48-33-34-52-51-27-12-13-30-53(51)65(56(52)39-48)57-37-45(35-36-61-57)58-49(43-21-8-6-9-22-43)28-18-29-50(58)44-23-10-7-11-24-44;/h6-37H,40H2,1-5H3;/q-2;+2. The third-order valence-electron chi connectivity index (χ3n) is 12.8. The average molecular weight is 1040 g/mol. The second kappa shape index (κ2) is 17.3. The molecule has 10 aromatic rings. The number of hydrogen-bond donors (Lipinski definition) is 0. The van der Waals surface area contributed by atoms with Crippen molar-refractivity contribution in [3.8, 4) is 39.2 Å². The molecule has 0 saturated carbocycles. The van der Waals surface area contributed by atoms with Gasteiger partial charge < -0.3 is 19.3 Å². The maximum atomic E-state index is 5.14. The number of pyridine rings is 1. The minimum Gasteiger partial charge on any atom is -0.358 e. The second-order valence-corrected chi connectivity index (χ2v) is 18.0. The number of aryl methyl sites for hydroxylation is 2. The van der Waals surface area contributed by atoms with Crippen LogP contribution in [0.4, 0.5) is 34.1 Å². The minimum atomic E-state index is -0.0561. The van der Waals surface area contributed by atoms with Crippen molar-refractivity contribution in [1.29, 1.82) is 0 Å². The molecule has 324 valence electrons. The van der Waals surface area contributed by atoms with Crippen LogP contribution in [0.15, 0.2) is 194 Å². The van der Waals surface area contributed by atoms with E-state index in [4.69, 9.17) is 4.98 Å². The molecular formula is C60H49N5Pt. The van der Waals surface area contributed by atoms with Crippen molar-refractivity contribution in [2.75, 3.05) is 21.4 Å². The molecule has 5 nitrogen and oxygen atoms in total. The largest absolute Gasteiger partial charge is 2.00 e. The zero-order valence-corrected chi connectivity index (χ0v) is 40.0. The molecule has 2 aromatic heterocycles. The number of hydrogen-bond acceptors (Lipinski definition) is 4. The predicted octanol–water partition coefficient (Wildman–Crippen LogP) is 15.6. The Morgan fingerprint density at radius 3 is 1.85 bits per heavy atom. The Bertz CT molecular complexity index is 3310. The second-order valence-electron chi connectivity index (χ2n) is 18.0. The van der Waals surface area contributed by atoms with Crippen LogP contribution >= 0.6 is 0 Å². The summed E-state index contributed by atoms with van der Waals surface area (Å²) in [5.74, 6) is 0.826. The Kier molecular flexibility index (Phi) is 11.2. The Morgan fingerprint density at radius 2 is 1.15 bits per heavy atom. The van der Waals surface area contributed by atoms with Crippen molar-refractivity contribution < 1.29 is 21.1 Å². The van der Waals surface area contributed by atoms with Gasteiger partial charge in [0, 0.05) is 22.9 Å². The number of benzene rings is 8. The van der Waals surface area contributed by atoms with Gasteiger partial charge in [0.2, 0.25) is 0 Å². The quantitative estimate of drug-likeness (QED) is 0.142. The van der Waals surface area contributed by atoms with E-state index in [9.17, 15) is 0 Å². The molecule has 1 aliphatic heterocycles. The third kappa shape index (κ3) is 7.48. The van der Waals surface area contributed by atoms with Crippen molar-refractivity contribution in [3.05, 3.63) is 218 Å². The smallest absolute Gasteiger partial charge is 0.358 e. The summed E-state index contributed by atoms with van der Waals surface area (Å²) in [4.78, 5) is 12.3. The van der Waals surface area contributed by atoms with Crippen molar-refractivity contribution in [3.63, 3.8) is 0 Å². The van der Waals surface area contributed by atoms with Crippen LogP contribution in [0.1, 0.15) is 31.9 Å². The molecule has 8 aromatic carbocycles. The van der Waals surface area contributed by atoms with Crippen LogP contribution in [-0.2, 0) is 21.1 Å². The number of para-hydroxylation sites is 4. The zero-order chi connectivity index (χ0) is 44.2. The molecule has 3 heterocycles. The SMILES string of the molecule is Cc1cccc(C)c1N(c1[c-]c(N2CN(C(C)(C)C)c3ccccc32)ccc1)c1[c-]c2c(cc1)c1ccccc1n2-c1cc(-c2c(-c3ccccc3)cccc2-c2ccccc2)ccn1.[Pt+2]. The van der Waals surface area contributed by atoms with E-state index in [-0.39, 0.29) is 26.6 Å². The van der Waals surface area contributed by atoms with Crippen LogP contribution in [0.3, 0.4) is 0 Å². The summed E-state index contributed by atoms with van der Waals surface area (Å²) in [7, 11) is 0. The first kappa shape index (κ1) is 42.7. The molecule has 0 spiro atoms. The Labute approximate surface area is 402 Å². The molecule has 11 rings (SSSR count). The number of nitrogens with zero attached hydrogens (tertiary/aromatic N) is 5. The molecule has 6 heteroatoms. The molecule has 0 saturated heterocycles. The van der Waals surface area contributed by atoms with E-state index in [1.807, 2.05) is 6.20 Å². The third-order valence-corrected chi connectivity index (χ3v) is 12.8. The van der Waals surface area contributed by atoms with Crippen LogP contribution in [0.5, 0.6) is 0 Å². The first-order chi connectivity index (χ1) is 31.7. The molecule has 0 atom stereocenters. The van der Waals surface area contributed by atoms with E-state index in [0.29, 0.717) is 0 Å². The molecule has 0 radical (unpaired) electrons. The maximum absolute atomic E-state index is 5.14. The molecule has 0 unspecified atom stereocenters. The van der Waals surface area contributed by atoms with E-state index < -0.39 is 0 Å². The Hall–Kier alpha value is -7.20. The van der Waals surface area contributed by atoms with Crippen LogP contribution < -0.4 is 14.7 Å². The summed E-state index contributed by atoms with van der Waals surface area (Å²) in [5, 5.41) is 2.26. The topological polar surface area (TPSA) is 27.5 Å². The van der Waals surface area contributed by atoms with Crippen LogP contribution in [0.2, 0.25) is 0 Å². The summed E-state index contributed by atoms with van der Waals surface area (Å²) in [5.41, 5.74) is 17.7. The fraction of sp³-hybridized carbons (Fsp3) is 0.117. The van der Waals surface area contributed by atoms with Crippen molar-refractivity contribution >= 4 is 55.9 Å². The average Bonchev–Trinajstić information content (AvgIpc) is 3.90. The summed E-state index contributed by atoms with van der Waals surface area (Å²) in [6.45, 7) is 12.0. The molecule has 0 aliphatic carbocycles. The fourth-order valence-electron chi connectivity index (χ4n) is 9.78. The van der Waals surface area contributed by atoms with Gasteiger partial charge in [-0.2, -0.15) is 12.1 Å². The summed E-state index contributed by atoms with van der Waals surface area (Å²) in [6.07, 6.45) is 1.95. The maximum Gasteiger partial charge on any atom is 2.00 e. The van der Waals surface area contributed by atoms with Crippen molar-refractivity contribution in [2.45, 2.75) is 40.2 Å². The van der Waals surface area contributed by atoms with Crippen LogP contribution in [0.25, 0.3) is 61.0 Å². The Morgan fingerprint density at radius 1 is 0.545 bits per heavy atom. The number of aromatic nitrogens is 2.